The van der Waals surface area contributed by atoms with Gasteiger partial charge in [-0.3, -0.25) is 4.79 Å². The summed E-state index contributed by atoms with van der Waals surface area (Å²) in [6.45, 7) is -0.0807. The molecular formula is C29H22Cl4N2O4. The van der Waals surface area contributed by atoms with Gasteiger partial charge in [-0.25, -0.2) is 9.59 Å². The molecule has 2 amide bonds. The normalized spacial score (nSPS) is 16.4. The number of nitrogens with zero attached hydrogens (tertiary/aromatic N) is 1. The minimum atomic E-state index is -1.17. The first-order chi connectivity index (χ1) is 18.6. The predicted octanol–water partition coefficient (Wildman–Crippen LogP) is 7.06. The van der Waals surface area contributed by atoms with E-state index >= 15 is 0 Å². The van der Waals surface area contributed by atoms with Crippen molar-refractivity contribution in [3.05, 3.63) is 115 Å². The molecule has 200 valence electrons. The van der Waals surface area contributed by atoms with Gasteiger partial charge in [0.05, 0.1) is 33.2 Å². The molecule has 4 rings (SSSR count). The number of benzene rings is 3. The molecule has 1 fully saturated rings. The second kappa shape index (κ2) is 12.7. The van der Waals surface area contributed by atoms with Crippen molar-refractivity contribution in [2.45, 2.75) is 12.5 Å². The minimum Gasteiger partial charge on any atom is -0.480 e. The van der Waals surface area contributed by atoms with Gasteiger partial charge in [-0.1, -0.05) is 88.9 Å². The molecule has 1 saturated heterocycles. The zero-order valence-electron chi connectivity index (χ0n) is 20.3. The van der Waals surface area contributed by atoms with Crippen molar-refractivity contribution in [3.8, 4) is 0 Å². The molecule has 1 aliphatic heterocycles. The maximum Gasteiger partial charge on any atom is 0.326 e. The summed E-state index contributed by atoms with van der Waals surface area (Å²) in [6.07, 6.45) is 3.36. The highest BCUT2D eigenvalue weighted by Gasteiger charge is 2.31. The number of hydrogen-bond donors (Lipinski definition) is 2. The van der Waals surface area contributed by atoms with E-state index in [9.17, 15) is 19.5 Å². The molecule has 0 bridgehead atoms. The summed E-state index contributed by atoms with van der Waals surface area (Å²) in [4.78, 5) is 40.1. The fourth-order valence-electron chi connectivity index (χ4n) is 4.08. The zero-order chi connectivity index (χ0) is 28.1. The van der Waals surface area contributed by atoms with Gasteiger partial charge in [0.2, 0.25) is 0 Å². The molecule has 10 heteroatoms. The summed E-state index contributed by atoms with van der Waals surface area (Å²) >= 11 is 24.4. The number of aliphatic carboxylic acids is 1. The Kier molecular flexibility index (Phi) is 9.36. The van der Waals surface area contributed by atoms with Crippen LogP contribution in [0.1, 0.15) is 16.7 Å². The van der Waals surface area contributed by atoms with Gasteiger partial charge in [-0.15, -0.1) is 0 Å². The lowest BCUT2D eigenvalue weighted by molar-refractivity contribution is -0.139. The highest BCUT2D eigenvalue weighted by molar-refractivity contribution is 6.42. The number of rotatable bonds is 6. The van der Waals surface area contributed by atoms with Gasteiger partial charge in [0.25, 0.3) is 0 Å². The highest BCUT2D eigenvalue weighted by atomic mass is 35.5. The van der Waals surface area contributed by atoms with Crippen LogP contribution in [0.15, 0.2) is 77.9 Å². The van der Waals surface area contributed by atoms with E-state index < -0.39 is 18.0 Å². The lowest BCUT2D eigenvalue weighted by atomic mass is 9.94. The van der Waals surface area contributed by atoms with E-state index in [1.165, 1.54) is 4.90 Å². The lowest BCUT2D eigenvalue weighted by Crippen LogP contribution is -2.52. The molecular weight excluding hydrogens is 582 g/mol. The van der Waals surface area contributed by atoms with Gasteiger partial charge < -0.3 is 15.3 Å². The quantitative estimate of drug-likeness (QED) is 0.295. The van der Waals surface area contributed by atoms with Crippen molar-refractivity contribution >= 4 is 76.3 Å². The number of piperidine rings is 1. The highest BCUT2D eigenvalue weighted by Crippen LogP contribution is 2.28. The topological polar surface area (TPSA) is 86.7 Å². The number of carbonyl (C=O) groups excluding carboxylic acids is 2. The van der Waals surface area contributed by atoms with E-state index in [1.54, 1.807) is 72.8 Å². The first-order valence-corrected chi connectivity index (χ1v) is 13.3. The Hall–Kier alpha value is -3.29. The van der Waals surface area contributed by atoms with Crippen LogP contribution in [0.3, 0.4) is 0 Å². The number of carbonyl (C=O) groups is 3. The fraction of sp³-hybridized carbons (Fsp3) is 0.138. The molecule has 0 spiro atoms. The third-order valence-electron chi connectivity index (χ3n) is 6.04. The fourth-order valence-corrected chi connectivity index (χ4v) is 4.69. The average molecular weight is 604 g/mol. The van der Waals surface area contributed by atoms with Crippen molar-refractivity contribution in [1.82, 2.24) is 10.2 Å². The van der Waals surface area contributed by atoms with Gasteiger partial charge >= 0.3 is 12.0 Å². The summed E-state index contributed by atoms with van der Waals surface area (Å²) in [7, 11) is 0. The summed E-state index contributed by atoms with van der Waals surface area (Å²) in [5, 5.41) is 13.7. The zero-order valence-corrected chi connectivity index (χ0v) is 23.4. The van der Waals surface area contributed by atoms with Crippen molar-refractivity contribution in [1.29, 1.82) is 0 Å². The smallest absolute Gasteiger partial charge is 0.326 e. The summed E-state index contributed by atoms with van der Waals surface area (Å²) < 4.78 is 0. The molecule has 39 heavy (non-hydrogen) atoms. The van der Waals surface area contributed by atoms with Crippen molar-refractivity contribution in [3.63, 3.8) is 0 Å². The first-order valence-electron chi connectivity index (χ1n) is 11.8. The predicted molar refractivity (Wildman–Crippen MR) is 156 cm³/mol. The van der Waals surface area contributed by atoms with Crippen LogP contribution in [0.5, 0.6) is 0 Å². The molecule has 1 heterocycles. The van der Waals surface area contributed by atoms with Gasteiger partial charge in [0, 0.05) is 17.6 Å². The maximum atomic E-state index is 13.5. The largest absolute Gasteiger partial charge is 0.480 e. The monoisotopic (exact) mass is 602 g/mol. The second-order valence-corrected chi connectivity index (χ2v) is 10.5. The molecule has 1 aliphatic rings. The molecule has 2 N–H and O–H groups in total. The number of likely N-dealkylation sites (tertiary alicyclic amines) is 1. The lowest BCUT2D eigenvalue weighted by Gasteiger charge is -2.31. The Morgan fingerprint density at radius 3 is 1.79 bits per heavy atom. The van der Waals surface area contributed by atoms with Gasteiger partial charge in [0.15, 0.2) is 5.78 Å². The Labute approximate surface area is 245 Å². The van der Waals surface area contributed by atoms with Crippen LogP contribution < -0.4 is 5.32 Å². The van der Waals surface area contributed by atoms with Crippen molar-refractivity contribution in [2.75, 3.05) is 13.1 Å². The Balaban J connectivity index is 1.66. The molecule has 1 unspecified atom stereocenters. The number of nitrogens with one attached hydrogen (secondary N) is 1. The third-order valence-corrected chi connectivity index (χ3v) is 7.52. The van der Waals surface area contributed by atoms with Gasteiger partial charge in [-0.2, -0.15) is 0 Å². The molecule has 6 nitrogen and oxygen atoms in total. The molecule has 0 aromatic heterocycles. The molecule has 0 radical (unpaired) electrons. The van der Waals surface area contributed by atoms with Crippen LogP contribution in [0.2, 0.25) is 20.1 Å². The van der Waals surface area contributed by atoms with Crippen molar-refractivity contribution < 1.29 is 19.5 Å². The molecule has 1 atom stereocenters. The number of carboxylic acids is 1. The van der Waals surface area contributed by atoms with Crippen LogP contribution in [0, 0.1) is 0 Å². The third kappa shape index (κ3) is 7.43. The number of hydrogen-bond acceptors (Lipinski definition) is 3. The standard InChI is InChI=1S/C29H22Cl4N2O4/c30-22-8-6-18(12-24(22)32)10-20-15-35(16-21(27(20)36)11-19-7-9-23(31)25(33)13-19)29(39)34-26(28(37)38)14-17-4-2-1-3-5-17/h1-13,26H,14-16H2,(H,34,39)(H,37,38)/b20-10-,21-11+. The Bertz CT molecular complexity index is 1410. The maximum absolute atomic E-state index is 13.5. The number of halogens is 4. The molecule has 0 aliphatic carbocycles. The number of amides is 2. The molecule has 3 aromatic carbocycles. The number of Topliss-reactive ketones (excluding diaryl/α,β-unsaturated/α-hetero) is 1. The number of carboxylic acid groups (broad SMARTS) is 1. The van der Waals surface area contributed by atoms with Crippen LogP contribution in [0.4, 0.5) is 4.79 Å². The Morgan fingerprint density at radius 1 is 0.821 bits per heavy atom. The molecule has 3 aromatic rings. The van der Waals surface area contributed by atoms with Crippen molar-refractivity contribution in [2.24, 2.45) is 0 Å². The summed E-state index contributed by atoms with van der Waals surface area (Å²) in [6, 6.07) is 17.1. The van der Waals surface area contributed by atoms with Crippen LogP contribution in [-0.2, 0) is 16.0 Å². The van der Waals surface area contributed by atoms with Gasteiger partial charge in [0.1, 0.15) is 6.04 Å². The SMILES string of the molecule is O=C1/C(=C\c2ccc(Cl)c(Cl)c2)CN(C(=O)NC(Cc2ccccc2)C(=O)O)C/C1=C\c1ccc(Cl)c(Cl)c1. The molecule has 0 saturated carbocycles. The second-order valence-electron chi connectivity index (χ2n) is 8.90. The van der Waals surface area contributed by atoms with E-state index in [0.29, 0.717) is 42.4 Å². The van der Waals surface area contributed by atoms with E-state index in [1.807, 2.05) is 6.07 Å². The van der Waals surface area contributed by atoms with E-state index in [2.05, 4.69) is 5.32 Å². The van der Waals surface area contributed by atoms with E-state index in [0.717, 1.165) is 5.56 Å². The van der Waals surface area contributed by atoms with Crippen LogP contribution in [0.25, 0.3) is 12.2 Å². The van der Waals surface area contributed by atoms with Crippen LogP contribution in [-0.4, -0.2) is 46.9 Å². The number of urea groups is 1. The summed E-state index contributed by atoms with van der Waals surface area (Å²) in [5.41, 5.74) is 2.64. The Morgan fingerprint density at radius 2 is 1.33 bits per heavy atom. The van der Waals surface area contributed by atoms with Crippen LogP contribution >= 0.6 is 46.4 Å². The van der Waals surface area contributed by atoms with E-state index in [4.69, 9.17) is 46.4 Å². The van der Waals surface area contributed by atoms with E-state index in [-0.39, 0.29) is 25.3 Å². The summed E-state index contributed by atoms with van der Waals surface area (Å²) in [5.74, 6) is -1.44. The number of ketones is 1. The van der Waals surface area contributed by atoms with Gasteiger partial charge in [-0.05, 0) is 53.1 Å². The first kappa shape index (κ1) is 28.7. The average Bonchev–Trinajstić information content (AvgIpc) is 2.90. The minimum absolute atomic E-state index is 0.0404.